The van der Waals surface area contributed by atoms with E-state index in [0.717, 1.165) is 7.11 Å². The topological polar surface area (TPSA) is 90.3 Å². The zero-order valence-electron chi connectivity index (χ0n) is 18.0. The molecule has 0 aliphatic rings. The van der Waals surface area contributed by atoms with Gasteiger partial charge in [-0.2, -0.15) is 13.6 Å². The summed E-state index contributed by atoms with van der Waals surface area (Å²) in [6, 6.07) is 11.8. The van der Waals surface area contributed by atoms with Crippen molar-refractivity contribution in [2.45, 2.75) is 0 Å². The van der Waals surface area contributed by atoms with Gasteiger partial charge in [0.05, 0.1) is 19.9 Å². The van der Waals surface area contributed by atoms with Crippen LogP contribution in [0.15, 0.2) is 42.5 Å². The van der Waals surface area contributed by atoms with Crippen molar-refractivity contribution in [3.05, 3.63) is 71.3 Å². The summed E-state index contributed by atoms with van der Waals surface area (Å²) >= 11 is 4.99. The molecule has 3 aromatic carbocycles. The van der Waals surface area contributed by atoms with Gasteiger partial charge in [0.2, 0.25) is 11.6 Å². The Morgan fingerprint density at radius 3 is 2.11 bits per heavy atom. The van der Waals surface area contributed by atoms with Crippen LogP contribution in [-0.2, 0) is 0 Å². The highest BCUT2D eigenvalue weighted by Gasteiger charge is 2.30. The van der Waals surface area contributed by atoms with Crippen molar-refractivity contribution in [1.29, 1.82) is 0 Å². The monoisotopic (exact) mass is 505 g/mol. The second kappa shape index (κ2) is 9.54. The lowest BCUT2D eigenvalue weighted by Gasteiger charge is -2.12. The zero-order chi connectivity index (χ0) is 25.3. The predicted molar refractivity (Wildman–Crippen MR) is 122 cm³/mol. The lowest BCUT2D eigenvalue weighted by molar-refractivity contribution is 0.0966. The number of fused-ring (bicyclic) bond motifs is 1. The molecule has 0 bridgehead atoms. The van der Waals surface area contributed by atoms with Crippen LogP contribution in [-0.4, -0.2) is 40.2 Å². The molecule has 13 heteroatoms. The number of halogens is 4. The Balaban J connectivity index is 1.51. The molecule has 0 saturated carbocycles. The van der Waals surface area contributed by atoms with Crippen molar-refractivity contribution in [1.82, 2.24) is 20.3 Å². The molecule has 0 fully saturated rings. The van der Waals surface area contributed by atoms with Crippen LogP contribution < -0.4 is 20.1 Å². The van der Waals surface area contributed by atoms with Crippen LogP contribution in [0.3, 0.4) is 0 Å². The van der Waals surface area contributed by atoms with Crippen molar-refractivity contribution >= 4 is 40.0 Å². The van der Waals surface area contributed by atoms with Gasteiger partial charge in [0, 0.05) is 5.69 Å². The lowest BCUT2D eigenvalue weighted by atomic mass is 10.1. The van der Waals surface area contributed by atoms with E-state index in [9.17, 15) is 22.4 Å². The molecular formula is C22H15F4N5O3S. The van der Waals surface area contributed by atoms with E-state index in [1.54, 1.807) is 49.6 Å². The van der Waals surface area contributed by atoms with Crippen molar-refractivity contribution in [2.24, 2.45) is 0 Å². The zero-order valence-corrected chi connectivity index (χ0v) is 18.8. The highest BCUT2D eigenvalue weighted by molar-refractivity contribution is 7.80. The fourth-order valence-electron chi connectivity index (χ4n) is 3.14. The molecule has 0 atom stereocenters. The normalized spacial score (nSPS) is 10.8. The second-order valence-corrected chi connectivity index (χ2v) is 7.37. The number of nitrogens with one attached hydrogen (secondary N) is 2. The van der Waals surface area contributed by atoms with Crippen molar-refractivity contribution in [3.63, 3.8) is 0 Å². The number of methoxy groups -OCH3 is 2. The minimum absolute atomic E-state index is 0.359. The van der Waals surface area contributed by atoms with E-state index in [1.807, 2.05) is 5.32 Å². The molecule has 4 aromatic rings. The van der Waals surface area contributed by atoms with Crippen LogP contribution in [0.25, 0.3) is 16.7 Å². The quantitative estimate of drug-likeness (QED) is 0.240. The van der Waals surface area contributed by atoms with Gasteiger partial charge in [-0.05, 0) is 54.7 Å². The Labute approximate surface area is 200 Å². The molecular weight excluding hydrogens is 490 g/mol. The van der Waals surface area contributed by atoms with Gasteiger partial charge in [-0.1, -0.05) is 0 Å². The first-order valence-corrected chi connectivity index (χ1v) is 10.2. The predicted octanol–water partition coefficient (Wildman–Crippen LogP) is 4.12. The van der Waals surface area contributed by atoms with E-state index >= 15 is 0 Å². The summed E-state index contributed by atoms with van der Waals surface area (Å²) in [5.74, 6) is -9.64. The maximum atomic E-state index is 14.2. The number of carbonyl (C=O) groups is 1. The number of aromatic nitrogens is 3. The molecule has 180 valence electrons. The molecule has 0 unspecified atom stereocenters. The Hall–Kier alpha value is -4.26. The van der Waals surface area contributed by atoms with E-state index in [4.69, 9.17) is 17.0 Å². The Kier molecular flexibility index (Phi) is 6.51. The summed E-state index contributed by atoms with van der Waals surface area (Å²) in [5, 5.41) is 13.0. The fraction of sp³-hybridized carbons (Fsp3) is 0.0909. The molecule has 0 spiro atoms. The van der Waals surface area contributed by atoms with Crippen LogP contribution in [0, 0.1) is 23.3 Å². The SMILES string of the molecule is COc1ccc(-n2nc3ccc(NC(=S)NC(=O)c4c(F)c(F)c(OC)c(F)c4F)cc3n2)cc1. The average Bonchev–Trinajstić information content (AvgIpc) is 3.27. The van der Waals surface area contributed by atoms with E-state index in [2.05, 4.69) is 20.3 Å². The molecule has 0 saturated heterocycles. The minimum Gasteiger partial charge on any atom is -0.497 e. The van der Waals surface area contributed by atoms with Gasteiger partial charge >= 0.3 is 0 Å². The number of carbonyl (C=O) groups excluding carboxylic acids is 1. The number of anilines is 1. The molecule has 1 amide bonds. The van der Waals surface area contributed by atoms with E-state index in [0.29, 0.717) is 28.2 Å². The Bertz CT molecular complexity index is 1430. The lowest BCUT2D eigenvalue weighted by Crippen LogP contribution is -2.35. The third-order valence-corrected chi connectivity index (χ3v) is 5.03. The second-order valence-electron chi connectivity index (χ2n) is 6.96. The van der Waals surface area contributed by atoms with Gasteiger partial charge in [0.25, 0.3) is 5.91 Å². The average molecular weight is 505 g/mol. The van der Waals surface area contributed by atoms with Crippen LogP contribution in [0.4, 0.5) is 23.2 Å². The van der Waals surface area contributed by atoms with E-state index < -0.39 is 40.5 Å². The molecule has 0 radical (unpaired) electrons. The van der Waals surface area contributed by atoms with Gasteiger partial charge in [0.1, 0.15) is 22.3 Å². The van der Waals surface area contributed by atoms with Crippen LogP contribution in [0.5, 0.6) is 11.5 Å². The smallest absolute Gasteiger partial charge is 0.263 e. The number of ether oxygens (including phenoxy) is 2. The highest BCUT2D eigenvalue weighted by atomic mass is 32.1. The molecule has 1 aromatic heterocycles. The van der Waals surface area contributed by atoms with E-state index in [-0.39, 0.29) is 5.11 Å². The van der Waals surface area contributed by atoms with Gasteiger partial charge in [-0.15, -0.1) is 10.2 Å². The van der Waals surface area contributed by atoms with Gasteiger partial charge < -0.3 is 14.8 Å². The molecule has 1 heterocycles. The van der Waals surface area contributed by atoms with E-state index in [1.165, 1.54) is 4.80 Å². The van der Waals surface area contributed by atoms with Crippen LogP contribution in [0.1, 0.15) is 10.4 Å². The number of thiocarbonyl (C=S) groups is 1. The first-order chi connectivity index (χ1) is 16.7. The summed E-state index contributed by atoms with van der Waals surface area (Å²) in [5.41, 5.74) is 0.578. The molecule has 2 N–H and O–H groups in total. The number of hydrogen-bond acceptors (Lipinski definition) is 6. The summed E-state index contributed by atoms with van der Waals surface area (Å²) in [6.07, 6.45) is 0. The van der Waals surface area contributed by atoms with Crippen molar-refractivity contribution < 1.29 is 31.8 Å². The first kappa shape index (κ1) is 23.9. The standard InChI is InChI=1S/C22H15F4N5O3S/c1-33-12-6-4-11(5-7-12)31-29-13-8-3-10(9-14(13)30-31)27-22(35)28-21(32)15-16(23)18(25)20(34-2)19(26)17(15)24/h3-9H,1-2H3,(H2,27,28,32,35). The van der Waals surface area contributed by atoms with Crippen molar-refractivity contribution in [3.8, 4) is 17.2 Å². The van der Waals surface area contributed by atoms with Crippen LogP contribution >= 0.6 is 12.2 Å². The third-order valence-electron chi connectivity index (χ3n) is 4.82. The third kappa shape index (κ3) is 4.57. The minimum atomic E-state index is -1.92. The Morgan fingerprint density at radius 2 is 1.51 bits per heavy atom. The fourth-order valence-corrected chi connectivity index (χ4v) is 3.35. The maximum absolute atomic E-state index is 14.2. The van der Waals surface area contributed by atoms with Crippen LogP contribution in [0.2, 0.25) is 0 Å². The summed E-state index contributed by atoms with van der Waals surface area (Å²) < 4.78 is 65.5. The van der Waals surface area contributed by atoms with Crippen molar-refractivity contribution in [2.75, 3.05) is 19.5 Å². The summed E-state index contributed by atoms with van der Waals surface area (Å²) in [7, 11) is 2.38. The Morgan fingerprint density at radius 1 is 0.886 bits per heavy atom. The van der Waals surface area contributed by atoms with Gasteiger partial charge in [-0.25, -0.2) is 8.78 Å². The van der Waals surface area contributed by atoms with Gasteiger partial charge in [0.15, 0.2) is 22.5 Å². The molecule has 0 aliphatic heterocycles. The number of rotatable bonds is 5. The number of hydrogen-bond donors (Lipinski definition) is 2. The molecule has 8 nitrogen and oxygen atoms in total. The van der Waals surface area contributed by atoms with Gasteiger partial charge in [-0.3, -0.25) is 10.1 Å². The number of benzene rings is 3. The number of amides is 1. The number of nitrogens with zero attached hydrogens (tertiary/aromatic N) is 3. The molecule has 4 rings (SSSR count). The summed E-state index contributed by atoms with van der Waals surface area (Å²) in [4.78, 5) is 13.7. The highest BCUT2D eigenvalue weighted by Crippen LogP contribution is 2.29. The first-order valence-electron chi connectivity index (χ1n) is 9.77. The molecule has 0 aliphatic carbocycles. The summed E-state index contributed by atoms with van der Waals surface area (Å²) in [6.45, 7) is 0. The maximum Gasteiger partial charge on any atom is 0.263 e. The molecule has 35 heavy (non-hydrogen) atoms. The largest absolute Gasteiger partial charge is 0.497 e.